The van der Waals surface area contributed by atoms with Gasteiger partial charge in [0.15, 0.2) is 0 Å². The highest BCUT2D eigenvalue weighted by atomic mass is 79.9. The molecule has 6 nitrogen and oxygen atoms in total. The Morgan fingerprint density at radius 1 is 1.48 bits per heavy atom. The number of likely N-dealkylation sites (tertiary alicyclic amines) is 1. The van der Waals surface area contributed by atoms with E-state index in [0.29, 0.717) is 10.0 Å². The Morgan fingerprint density at radius 3 is 2.71 bits per heavy atom. The second kappa shape index (κ2) is 7.00. The third-order valence-corrected chi connectivity index (χ3v) is 4.47. The van der Waals surface area contributed by atoms with Gasteiger partial charge in [-0.25, -0.2) is 0 Å². The van der Waals surface area contributed by atoms with Gasteiger partial charge in [-0.15, -0.1) is 0 Å². The summed E-state index contributed by atoms with van der Waals surface area (Å²) in [5.74, 6) is -0.263. The van der Waals surface area contributed by atoms with Crippen LogP contribution in [-0.2, 0) is 0 Å². The lowest BCUT2D eigenvalue weighted by atomic mass is 10.0. The number of benzene rings is 1. The van der Waals surface area contributed by atoms with Crippen molar-refractivity contribution in [2.24, 2.45) is 0 Å². The molecule has 0 saturated carbocycles. The lowest BCUT2D eigenvalue weighted by molar-refractivity contribution is -0.384. The Labute approximate surface area is 131 Å². The van der Waals surface area contributed by atoms with Crippen LogP contribution in [0.5, 0.6) is 0 Å². The van der Waals surface area contributed by atoms with Crippen LogP contribution in [0.1, 0.15) is 30.1 Å². The summed E-state index contributed by atoms with van der Waals surface area (Å²) >= 11 is 3.27. The van der Waals surface area contributed by atoms with Crippen LogP contribution in [-0.4, -0.2) is 41.4 Å². The summed E-state index contributed by atoms with van der Waals surface area (Å²) in [5, 5.41) is 13.8. The number of carbonyl (C=O) groups excluding carboxylic acids is 1. The van der Waals surface area contributed by atoms with E-state index >= 15 is 0 Å². The van der Waals surface area contributed by atoms with Crippen molar-refractivity contribution >= 4 is 27.5 Å². The summed E-state index contributed by atoms with van der Waals surface area (Å²) in [7, 11) is 0. The molecule has 21 heavy (non-hydrogen) atoms. The van der Waals surface area contributed by atoms with Gasteiger partial charge in [0, 0.05) is 35.7 Å². The SMILES string of the molecule is CCN1CCC(NC(=O)c2cc([N+](=O)[O-])ccc2Br)CC1. The molecule has 1 N–H and O–H groups in total. The molecule has 2 rings (SSSR count). The number of carbonyl (C=O) groups is 1. The third-order valence-electron chi connectivity index (χ3n) is 3.78. The number of nitrogens with zero attached hydrogens (tertiary/aromatic N) is 2. The van der Waals surface area contributed by atoms with Crippen LogP contribution >= 0.6 is 15.9 Å². The van der Waals surface area contributed by atoms with Gasteiger partial charge in [0.25, 0.3) is 11.6 Å². The molecule has 0 atom stereocenters. The summed E-state index contributed by atoms with van der Waals surface area (Å²) in [5.41, 5.74) is 0.228. The number of hydrogen-bond acceptors (Lipinski definition) is 4. The summed E-state index contributed by atoms with van der Waals surface area (Å²) in [6.45, 7) is 5.09. The number of halogens is 1. The molecule has 7 heteroatoms. The average molecular weight is 356 g/mol. The molecule has 0 bridgehead atoms. The number of piperidine rings is 1. The van der Waals surface area contributed by atoms with E-state index in [1.807, 2.05) is 0 Å². The first-order chi connectivity index (χ1) is 10.0. The van der Waals surface area contributed by atoms with Gasteiger partial charge in [0.1, 0.15) is 0 Å². The highest BCUT2D eigenvalue weighted by Gasteiger charge is 2.22. The Balaban J connectivity index is 2.03. The zero-order valence-corrected chi connectivity index (χ0v) is 13.4. The summed E-state index contributed by atoms with van der Waals surface area (Å²) < 4.78 is 0.566. The monoisotopic (exact) mass is 355 g/mol. The van der Waals surface area contributed by atoms with E-state index in [9.17, 15) is 14.9 Å². The van der Waals surface area contributed by atoms with Crippen molar-refractivity contribution in [3.63, 3.8) is 0 Å². The minimum absolute atomic E-state index is 0.0795. The molecule has 0 aromatic heterocycles. The molecule has 1 aromatic rings. The van der Waals surface area contributed by atoms with Crippen molar-refractivity contribution in [3.05, 3.63) is 38.3 Å². The van der Waals surface area contributed by atoms with Crippen LogP contribution in [0.2, 0.25) is 0 Å². The number of nitrogens with one attached hydrogen (secondary N) is 1. The van der Waals surface area contributed by atoms with Crippen LogP contribution < -0.4 is 5.32 Å². The number of non-ortho nitro benzene ring substituents is 1. The minimum Gasteiger partial charge on any atom is -0.349 e. The molecule has 1 aliphatic heterocycles. The second-order valence-corrected chi connectivity index (χ2v) is 5.96. The fourth-order valence-electron chi connectivity index (χ4n) is 2.46. The Kier molecular flexibility index (Phi) is 5.30. The van der Waals surface area contributed by atoms with Gasteiger partial charge in [0.05, 0.1) is 10.5 Å². The summed E-state index contributed by atoms with van der Waals surface area (Å²) in [4.78, 5) is 24.9. The first-order valence-corrected chi connectivity index (χ1v) is 7.77. The van der Waals surface area contributed by atoms with E-state index in [2.05, 4.69) is 33.1 Å². The number of nitro benzene ring substituents is 1. The van der Waals surface area contributed by atoms with Crippen molar-refractivity contribution in [2.75, 3.05) is 19.6 Å². The quantitative estimate of drug-likeness (QED) is 0.665. The molecular weight excluding hydrogens is 338 g/mol. The van der Waals surface area contributed by atoms with Crippen LogP contribution in [0.3, 0.4) is 0 Å². The van der Waals surface area contributed by atoms with E-state index in [-0.39, 0.29) is 17.6 Å². The number of rotatable bonds is 4. The van der Waals surface area contributed by atoms with E-state index in [0.717, 1.165) is 32.5 Å². The first kappa shape index (κ1) is 15.9. The van der Waals surface area contributed by atoms with Gasteiger partial charge in [-0.1, -0.05) is 6.92 Å². The maximum absolute atomic E-state index is 12.3. The van der Waals surface area contributed by atoms with Crippen LogP contribution in [0.4, 0.5) is 5.69 Å². The zero-order valence-electron chi connectivity index (χ0n) is 11.8. The molecule has 1 aromatic carbocycles. The fourth-order valence-corrected chi connectivity index (χ4v) is 2.88. The Hall–Kier alpha value is -1.47. The van der Waals surface area contributed by atoms with Gasteiger partial charge in [-0.3, -0.25) is 14.9 Å². The van der Waals surface area contributed by atoms with E-state index in [1.165, 1.54) is 18.2 Å². The molecule has 114 valence electrons. The molecule has 1 heterocycles. The second-order valence-electron chi connectivity index (χ2n) is 5.10. The molecule has 1 saturated heterocycles. The molecule has 0 unspecified atom stereocenters. The lowest BCUT2D eigenvalue weighted by Crippen LogP contribution is -2.44. The van der Waals surface area contributed by atoms with E-state index in [4.69, 9.17) is 0 Å². The maximum atomic E-state index is 12.3. The topological polar surface area (TPSA) is 75.5 Å². The molecule has 1 amide bonds. The highest BCUT2D eigenvalue weighted by Crippen LogP contribution is 2.23. The molecule has 1 fully saturated rings. The lowest BCUT2D eigenvalue weighted by Gasteiger charge is -2.31. The molecular formula is C14H18BrN3O3. The fraction of sp³-hybridized carbons (Fsp3) is 0.500. The molecule has 0 aliphatic carbocycles. The van der Waals surface area contributed by atoms with Crippen molar-refractivity contribution in [1.29, 1.82) is 0 Å². The van der Waals surface area contributed by atoms with Crippen LogP contribution in [0, 0.1) is 10.1 Å². The standard InChI is InChI=1S/C14H18BrN3O3/c1-2-17-7-5-10(6-8-17)16-14(19)12-9-11(18(20)21)3-4-13(12)15/h3-4,9-10H,2,5-8H2,1H3,(H,16,19). The van der Waals surface area contributed by atoms with Gasteiger partial charge < -0.3 is 10.2 Å². The van der Waals surface area contributed by atoms with Gasteiger partial charge in [-0.05, 0) is 41.4 Å². The highest BCUT2D eigenvalue weighted by molar-refractivity contribution is 9.10. The number of nitro groups is 1. The Morgan fingerprint density at radius 2 is 2.14 bits per heavy atom. The predicted molar refractivity (Wildman–Crippen MR) is 83.4 cm³/mol. The average Bonchev–Trinajstić information content (AvgIpc) is 2.48. The van der Waals surface area contributed by atoms with Gasteiger partial charge in [-0.2, -0.15) is 0 Å². The van der Waals surface area contributed by atoms with E-state index in [1.54, 1.807) is 0 Å². The molecule has 1 aliphatic rings. The summed E-state index contributed by atoms with van der Waals surface area (Å²) in [6, 6.07) is 4.35. The van der Waals surface area contributed by atoms with Crippen molar-refractivity contribution in [3.8, 4) is 0 Å². The molecule has 0 spiro atoms. The van der Waals surface area contributed by atoms with Crippen molar-refractivity contribution in [2.45, 2.75) is 25.8 Å². The van der Waals surface area contributed by atoms with Gasteiger partial charge in [0.2, 0.25) is 0 Å². The first-order valence-electron chi connectivity index (χ1n) is 6.98. The third kappa shape index (κ3) is 4.01. The number of hydrogen-bond donors (Lipinski definition) is 1. The molecule has 0 radical (unpaired) electrons. The summed E-state index contributed by atoms with van der Waals surface area (Å²) in [6.07, 6.45) is 1.82. The van der Waals surface area contributed by atoms with Crippen LogP contribution in [0.15, 0.2) is 22.7 Å². The minimum atomic E-state index is -0.497. The Bertz CT molecular complexity index is 542. The van der Waals surface area contributed by atoms with E-state index < -0.39 is 4.92 Å². The predicted octanol–water partition coefficient (Wildman–Crippen LogP) is 2.57. The van der Waals surface area contributed by atoms with Gasteiger partial charge >= 0.3 is 0 Å². The smallest absolute Gasteiger partial charge is 0.270 e. The maximum Gasteiger partial charge on any atom is 0.270 e. The van der Waals surface area contributed by atoms with Crippen molar-refractivity contribution in [1.82, 2.24) is 10.2 Å². The largest absolute Gasteiger partial charge is 0.349 e. The zero-order chi connectivity index (χ0) is 15.4. The number of amides is 1. The van der Waals surface area contributed by atoms with Crippen molar-refractivity contribution < 1.29 is 9.72 Å². The van der Waals surface area contributed by atoms with Crippen LogP contribution in [0.25, 0.3) is 0 Å². The normalized spacial score (nSPS) is 16.7.